The Bertz CT molecular complexity index is 1230. The molecule has 3 aromatic carbocycles. The Balaban J connectivity index is 1.42. The molecule has 0 aromatic heterocycles. The Labute approximate surface area is 209 Å². The highest BCUT2D eigenvalue weighted by atomic mass is 35.5. The van der Waals surface area contributed by atoms with E-state index in [0.717, 1.165) is 22.4 Å². The van der Waals surface area contributed by atoms with Gasteiger partial charge in [-0.05, 0) is 59.9 Å². The van der Waals surface area contributed by atoms with Gasteiger partial charge in [0.25, 0.3) is 0 Å². The molecule has 5 nitrogen and oxygen atoms in total. The summed E-state index contributed by atoms with van der Waals surface area (Å²) in [4.78, 5) is 25.7. The highest BCUT2D eigenvalue weighted by molar-refractivity contribution is 6.30. The van der Waals surface area contributed by atoms with E-state index in [2.05, 4.69) is 0 Å². The second-order valence-corrected chi connectivity index (χ2v) is 9.64. The summed E-state index contributed by atoms with van der Waals surface area (Å²) in [6.45, 7) is 1.89. The van der Waals surface area contributed by atoms with E-state index < -0.39 is 11.6 Å². The van der Waals surface area contributed by atoms with Crippen molar-refractivity contribution in [2.75, 3.05) is 13.1 Å². The van der Waals surface area contributed by atoms with Crippen LogP contribution in [0.2, 0.25) is 5.02 Å². The molecule has 0 radical (unpaired) electrons. The van der Waals surface area contributed by atoms with Gasteiger partial charge in [0.1, 0.15) is 23.7 Å². The molecule has 0 unspecified atom stereocenters. The minimum Gasteiger partial charge on any atom is -0.487 e. The number of aliphatic carboxylic acids is 1. The number of ether oxygens (including phenoxy) is 1. The van der Waals surface area contributed by atoms with Crippen molar-refractivity contribution in [1.82, 2.24) is 4.90 Å². The zero-order valence-electron chi connectivity index (χ0n) is 19.5. The Morgan fingerprint density at radius 2 is 1.80 bits per heavy atom. The summed E-state index contributed by atoms with van der Waals surface area (Å²) in [5.41, 5.74) is 2.74. The second kappa shape index (κ2) is 10.5. The number of benzene rings is 3. The van der Waals surface area contributed by atoms with Crippen LogP contribution in [0.1, 0.15) is 29.2 Å². The SMILES string of the molecule is C[C@@]1(Cc2ccccc2F)Cc2cc(CC(=O)N(CCc3ccc(Cl)cc3)CC(=O)O)ccc2O1. The smallest absolute Gasteiger partial charge is 0.323 e. The van der Waals surface area contributed by atoms with Crippen LogP contribution < -0.4 is 4.74 Å². The topological polar surface area (TPSA) is 66.8 Å². The zero-order valence-corrected chi connectivity index (χ0v) is 20.2. The van der Waals surface area contributed by atoms with Crippen LogP contribution in [0.4, 0.5) is 4.39 Å². The van der Waals surface area contributed by atoms with Crippen LogP contribution in [0.25, 0.3) is 0 Å². The molecular formula is C28H27ClFNO4. The summed E-state index contributed by atoms with van der Waals surface area (Å²) in [6.07, 6.45) is 1.64. The average molecular weight is 496 g/mol. The molecule has 0 saturated carbocycles. The van der Waals surface area contributed by atoms with Crippen molar-refractivity contribution in [3.8, 4) is 5.75 Å². The fourth-order valence-corrected chi connectivity index (χ4v) is 4.61. The van der Waals surface area contributed by atoms with E-state index in [1.54, 1.807) is 24.3 Å². The molecule has 0 aliphatic carbocycles. The fraction of sp³-hybridized carbons (Fsp3) is 0.286. The maximum Gasteiger partial charge on any atom is 0.323 e. The summed E-state index contributed by atoms with van der Waals surface area (Å²) in [5, 5.41) is 9.93. The normalized spacial score (nSPS) is 16.4. The number of nitrogens with zero attached hydrogens (tertiary/aromatic N) is 1. The monoisotopic (exact) mass is 495 g/mol. The largest absolute Gasteiger partial charge is 0.487 e. The number of hydrogen-bond acceptors (Lipinski definition) is 3. The van der Waals surface area contributed by atoms with E-state index in [1.165, 1.54) is 11.0 Å². The number of amides is 1. The van der Waals surface area contributed by atoms with Gasteiger partial charge < -0.3 is 14.7 Å². The van der Waals surface area contributed by atoms with Gasteiger partial charge in [0.05, 0.1) is 6.42 Å². The molecule has 1 aliphatic heterocycles. The van der Waals surface area contributed by atoms with Gasteiger partial charge in [-0.15, -0.1) is 0 Å². The number of hydrogen-bond donors (Lipinski definition) is 1. The molecule has 35 heavy (non-hydrogen) atoms. The number of carboxylic acid groups (broad SMARTS) is 1. The van der Waals surface area contributed by atoms with Gasteiger partial charge in [-0.25, -0.2) is 4.39 Å². The second-order valence-electron chi connectivity index (χ2n) is 9.20. The highest BCUT2D eigenvalue weighted by Gasteiger charge is 2.35. The Morgan fingerprint density at radius 3 is 2.51 bits per heavy atom. The van der Waals surface area contributed by atoms with E-state index >= 15 is 0 Å². The molecule has 1 aliphatic rings. The number of carbonyl (C=O) groups is 2. The molecule has 0 saturated heterocycles. The van der Waals surface area contributed by atoms with E-state index in [0.29, 0.717) is 36.4 Å². The van der Waals surface area contributed by atoms with Crippen LogP contribution in [0.15, 0.2) is 66.7 Å². The summed E-state index contributed by atoms with van der Waals surface area (Å²) >= 11 is 5.92. The van der Waals surface area contributed by atoms with Gasteiger partial charge in [0, 0.05) is 24.4 Å². The molecule has 1 amide bonds. The first-order chi connectivity index (χ1) is 16.7. The molecule has 1 atom stereocenters. The average Bonchev–Trinajstić information content (AvgIpc) is 3.14. The van der Waals surface area contributed by atoms with Gasteiger partial charge in [-0.1, -0.05) is 54.1 Å². The summed E-state index contributed by atoms with van der Waals surface area (Å²) < 4.78 is 20.3. The molecular weight excluding hydrogens is 469 g/mol. The molecule has 1 N–H and O–H groups in total. The van der Waals surface area contributed by atoms with Gasteiger partial charge in [-0.2, -0.15) is 0 Å². The van der Waals surface area contributed by atoms with Gasteiger partial charge in [0.15, 0.2) is 0 Å². The van der Waals surface area contributed by atoms with E-state index in [-0.39, 0.29) is 24.7 Å². The Morgan fingerprint density at radius 1 is 1.09 bits per heavy atom. The van der Waals surface area contributed by atoms with Crippen LogP contribution in [0.5, 0.6) is 5.75 Å². The van der Waals surface area contributed by atoms with Crippen molar-refractivity contribution in [3.63, 3.8) is 0 Å². The van der Waals surface area contributed by atoms with Gasteiger partial charge in [-0.3, -0.25) is 9.59 Å². The third kappa shape index (κ3) is 6.40. The number of carbonyl (C=O) groups excluding carboxylic acids is 1. The van der Waals surface area contributed by atoms with Gasteiger partial charge >= 0.3 is 5.97 Å². The number of rotatable bonds is 9. The summed E-state index contributed by atoms with van der Waals surface area (Å²) in [5.74, 6) is -0.836. The highest BCUT2D eigenvalue weighted by Crippen LogP contribution is 2.38. The number of halogens is 2. The van der Waals surface area contributed by atoms with Crippen LogP contribution in [-0.2, 0) is 35.3 Å². The van der Waals surface area contributed by atoms with Crippen molar-refractivity contribution in [3.05, 3.63) is 99.8 Å². The molecule has 0 spiro atoms. The molecule has 7 heteroatoms. The van der Waals surface area contributed by atoms with Crippen LogP contribution in [0, 0.1) is 5.82 Å². The van der Waals surface area contributed by atoms with Gasteiger partial charge in [0.2, 0.25) is 5.91 Å². The van der Waals surface area contributed by atoms with E-state index in [1.807, 2.05) is 43.3 Å². The first-order valence-corrected chi connectivity index (χ1v) is 11.9. The lowest BCUT2D eigenvalue weighted by Crippen LogP contribution is -2.38. The van der Waals surface area contributed by atoms with E-state index in [9.17, 15) is 19.1 Å². The van der Waals surface area contributed by atoms with Crippen molar-refractivity contribution >= 4 is 23.5 Å². The standard InChI is InChI=1S/C28H27ClFNO4/c1-28(16-21-4-2-3-5-24(21)30)17-22-14-20(8-11-25(22)35-28)15-26(32)31(18-27(33)34)13-12-19-6-9-23(29)10-7-19/h2-11,14H,12-13,15-18H2,1H3,(H,33,34)/t28-/m1/s1. The zero-order chi connectivity index (χ0) is 25.0. The molecule has 0 bridgehead atoms. The van der Waals surface area contributed by atoms with Crippen LogP contribution in [-0.4, -0.2) is 40.6 Å². The molecule has 3 aromatic rings. The maximum atomic E-state index is 14.2. The molecule has 1 heterocycles. The third-order valence-corrected chi connectivity index (χ3v) is 6.44. The first kappa shape index (κ1) is 24.7. The minimum atomic E-state index is -1.05. The van der Waals surface area contributed by atoms with Crippen molar-refractivity contribution in [1.29, 1.82) is 0 Å². The minimum absolute atomic E-state index is 0.0885. The van der Waals surface area contributed by atoms with Crippen LogP contribution >= 0.6 is 11.6 Å². The molecule has 182 valence electrons. The molecule has 0 fully saturated rings. The fourth-order valence-electron chi connectivity index (χ4n) is 4.48. The maximum absolute atomic E-state index is 14.2. The van der Waals surface area contributed by atoms with Crippen molar-refractivity contribution in [2.24, 2.45) is 0 Å². The Hall–Kier alpha value is -3.38. The lowest BCUT2D eigenvalue weighted by Gasteiger charge is -2.24. The first-order valence-electron chi connectivity index (χ1n) is 11.5. The van der Waals surface area contributed by atoms with Crippen molar-refractivity contribution in [2.45, 2.75) is 38.2 Å². The Kier molecular flexibility index (Phi) is 7.41. The lowest BCUT2D eigenvalue weighted by atomic mass is 9.91. The number of fused-ring (bicyclic) bond motifs is 1. The summed E-state index contributed by atoms with van der Waals surface area (Å²) in [6, 6.07) is 19.5. The lowest BCUT2D eigenvalue weighted by molar-refractivity contribution is -0.144. The molecule has 4 rings (SSSR count). The van der Waals surface area contributed by atoms with E-state index in [4.69, 9.17) is 16.3 Å². The quantitative estimate of drug-likeness (QED) is 0.448. The third-order valence-electron chi connectivity index (χ3n) is 6.19. The predicted octanol–water partition coefficient (Wildman–Crippen LogP) is 5.11. The van der Waals surface area contributed by atoms with Crippen molar-refractivity contribution < 1.29 is 23.8 Å². The summed E-state index contributed by atoms with van der Waals surface area (Å²) in [7, 11) is 0. The predicted molar refractivity (Wildman–Crippen MR) is 132 cm³/mol. The number of carboxylic acids is 1. The van der Waals surface area contributed by atoms with Crippen LogP contribution in [0.3, 0.4) is 0 Å².